The van der Waals surface area contributed by atoms with Gasteiger partial charge in [0.15, 0.2) is 0 Å². The highest BCUT2D eigenvalue weighted by molar-refractivity contribution is 7.89. The maximum absolute atomic E-state index is 11.1. The lowest BCUT2D eigenvalue weighted by atomic mass is 10.1. The molecule has 16 heavy (non-hydrogen) atoms. The number of carbonyl (C=O) groups excluding carboxylic acids is 1. The molecule has 0 spiro atoms. The highest BCUT2D eigenvalue weighted by Gasteiger charge is 2.03. The molecule has 0 aliphatic rings. The summed E-state index contributed by atoms with van der Waals surface area (Å²) in [6, 6.07) is 6.24. The molecule has 1 rings (SSSR count). The van der Waals surface area contributed by atoms with E-state index in [9.17, 15) is 13.2 Å². The lowest BCUT2D eigenvalue weighted by Crippen LogP contribution is -2.00. The van der Waals surface area contributed by atoms with E-state index in [1.165, 1.54) is 25.5 Å². The highest BCUT2D eigenvalue weighted by Crippen LogP contribution is 2.04. The molecule has 0 fully saturated rings. The van der Waals surface area contributed by atoms with Crippen LogP contribution in [0.1, 0.15) is 15.9 Å². The van der Waals surface area contributed by atoms with Crippen LogP contribution in [0, 0.1) is 0 Å². The van der Waals surface area contributed by atoms with Crippen LogP contribution in [-0.4, -0.2) is 34.0 Å². The summed E-state index contributed by atoms with van der Waals surface area (Å²) in [4.78, 5) is 11.1. The monoisotopic (exact) mass is 241 g/mol. The fourth-order valence-electron chi connectivity index (χ4n) is 0.980. The van der Waals surface area contributed by atoms with Crippen molar-refractivity contribution in [2.75, 3.05) is 13.4 Å². The first-order valence-corrected chi connectivity index (χ1v) is 6.21. The van der Waals surface area contributed by atoms with E-state index >= 15 is 0 Å². The predicted octanol–water partition coefficient (Wildman–Crippen LogP) is 0.852. The Bertz CT molecular complexity index is 502. The molecule has 0 aliphatic heterocycles. The van der Waals surface area contributed by atoms with Crippen LogP contribution < -0.4 is 0 Å². The molecular formula is C10H11NO4S. The van der Waals surface area contributed by atoms with Crippen LogP contribution in [0.5, 0.6) is 0 Å². The fraction of sp³-hybridized carbons (Fsp3) is 0.200. The minimum absolute atomic E-state index is 0.402. The van der Waals surface area contributed by atoms with Gasteiger partial charge in [-0.05, 0) is 17.7 Å². The number of hydrogen-bond donors (Lipinski definition) is 0. The van der Waals surface area contributed by atoms with E-state index in [2.05, 4.69) is 9.13 Å². The van der Waals surface area contributed by atoms with Crippen LogP contribution in [-0.2, 0) is 14.8 Å². The maximum atomic E-state index is 11.1. The van der Waals surface area contributed by atoms with Crippen molar-refractivity contribution in [1.29, 1.82) is 0 Å². The summed E-state index contributed by atoms with van der Waals surface area (Å²) in [5.74, 6) is -0.438. The SMILES string of the molecule is COC(=O)c1ccc(/C=N/S(C)(=O)=O)cc1. The van der Waals surface area contributed by atoms with Crippen molar-refractivity contribution in [3.63, 3.8) is 0 Å². The first-order chi connectivity index (χ1) is 7.42. The molecule has 0 N–H and O–H groups in total. The van der Waals surface area contributed by atoms with Crippen molar-refractivity contribution in [3.05, 3.63) is 35.4 Å². The van der Waals surface area contributed by atoms with E-state index in [1.54, 1.807) is 12.1 Å². The Balaban J connectivity index is 2.88. The van der Waals surface area contributed by atoms with Gasteiger partial charge in [0.05, 0.1) is 18.9 Å². The molecule has 0 aromatic heterocycles. The standard InChI is InChI=1S/C10H11NO4S/c1-15-10(12)9-5-3-8(4-6-9)7-11-16(2,13)14/h3-7H,1-2H3/b11-7+. The molecule has 6 heteroatoms. The first kappa shape index (κ1) is 12.4. The Morgan fingerprint density at radius 3 is 2.31 bits per heavy atom. The molecule has 0 saturated heterocycles. The van der Waals surface area contributed by atoms with Gasteiger partial charge in [-0.1, -0.05) is 12.1 Å². The normalized spacial score (nSPS) is 11.6. The third-order valence-electron chi connectivity index (χ3n) is 1.73. The zero-order chi connectivity index (χ0) is 12.2. The summed E-state index contributed by atoms with van der Waals surface area (Å²) < 4.78 is 29.4. The van der Waals surface area contributed by atoms with Gasteiger partial charge in [0.1, 0.15) is 0 Å². The van der Waals surface area contributed by atoms with Gasteiger partial charge >= 0.3 is 5.97 Å². The number of hydrogen-bond acceptors (Lipinski definition) is 4. The average Bonchev–Trinajstić information content (AvgIpc) is 2.25. The van der Waals surface area contributed by atoms with Crippen molar-refractivity contribution in [2.45, 2.75) is 0 Å². The van der Waals surface area contributed by atoms with Gasteiger partial charge in [-0.3, -0.25) is 0 Å². The third-order valence-corrected chi connectivity index (χ3v) is 2.21. The van der Waals surface area contributed by atoms with E-state index in [4.69, 9.17) is 0 Å². The number of sulfonamides is 1. The number of carbonyl (C=O) groups is 1. The number of rotatable bonds is 3. The molecule has 0 heterocycles. The van der Waals surface area contributed by atoms with E-state index in [1.807, 2.05) is 0 Å². The summed E-state index contributed by atoms with van der Waals surface area (Å²) in [6.07, 6.45) is 2.22. The van der Waals surface area contributed by atoms with Crippen LogP contribution in [0.2, 0.25) is 0 Å². The van der Waals surface area contributed by atoms with Crippen molar-refractivity contribution in [2.24, 2.45) is 4.40 Å². The van der Waals surface area contributed by atoms with Crippen LogP contribution in [0.4, 0.5) is 0 Å². The van der Waals surface area contributed by atoms with Gasteiger partial charge in [-0.15, -0.1) is 0 Å². The Morgan fingerprint density at radius 2 is 1.88 bits per heavy atom. The summed E-state index contributed by atoms with van der Waals surface area (Å²) in [5, 5.41) is 0. The molecule has 0 bridgehead atoms. The number of esters is 1. The van der Waals surface area contributed by atoms with Gasteiger partial charge in [0, 0.05) is 6.21 Å². The Morgan fingerprint density at radius 1 is 1.31 bits per heavy atom. The van der Waals surface area contributed by atoms with E-state index in [-0.39, 0.29) is 0 Å². The lowest BCUT2D eigenvalue weighted by molar-refractivity contribution is 0.0600. The van der Waals surface area contributed by atoms with E-state index < -0.39 is 16.0 Å². The average molecular weight is 241 g/mol. The zero-order valence-electron chi connectivity index (χ0n) is 8.88. The maximum Gasteiger partial charge on any atom is 0.337 e. The van der Waals surface area contributed by atoms with Crippen molar-refractivity contribution < 1.29 is 17.9 Å². The number of nitrogens with zero attached hydrogens (tertiary/aromatic N) is 1. The lowest BCUT2D eigenvalue weighted by Gasteiger charge is -1.98. The number of ether oxygens (including phenoxy) is 1. The Labute approximate surface area is 93.8 Å². The smallest absolute Gasteiger partial charge is 0.337 e. The number of methoxy groups -OCH3 is 1. The van der Waals surface area contributed by atoms with Gasteiger partial charge in [0.2, 0.25) is 10.0 Å². The molecule has 1 aromatic rings. The largest absolute Gasteiger partial charge is 0.465 e. The Hall–Kier alpha value is -1.69. The fourth-order valence-corrected chi connectivity index (χ4v) is 1.29. The molecule has 0 saturated carbocycles. The summed E-state index contributed by atoms with van der Waals surface area (Å²) in [6.45, 7) is 0. The molecule has 0 unspecified atom stereocenters. The molecular weight excluding hydrogens is 230 g/mol. The highest BCUT2D eigenvalue weighted by atomic mass is 32.2. The third kappa shape index (κ3) is 3.82. The molecule has 0 atom stereocenters. The minimum atomic E-state index is -3.38. The first-order valence-electron chi connectivity index (χ1n) is 4.36. The quantitative estimate of drug-likeness (QED) is 0.581. The second-order valence-electron chi connectivity index (χ2n) is 3.08. The molecule has 1 aromatic carbocycles. The van der Waals surface area contributed by atoms with Gasteiger partial charge in [-0.25, -0.2) is 13.2 Å². The summed E-state index contributed by atoms with van der Waals surface area (Å²) >= 11 is 0. The van der Waals surface area contributed by atoms with Crippen LogP contribution in [0.25, 0.3) is 0 Å². The van der Waals surface area contributed by atoms with Crippen LogP contribution in [0.15, 0.2) is 28.7 Å². The van der Waals surface area contributed by atoms with Crippen molar-refractivity contribution >= 4 is 22.2 Å². The molecule has 0 radical (unpaired) electrons. The summed E-state index contributed by atoms with van der Waals surface area (Å²) in [5.41, 5.74) is 0.997. The summed E-state index contributed by atoms with van der Waals surface area (Å²) in [7, 11) is -2.08. The van der Waals surface area contributed by atoms with E-state index in [0.717, 1.165) is 6.26 Å². The minimum Gasteiger partial charge on any atom is -0.465 e. The van der Waals surface area contributed by atoms with Crippen molar-refractivity contribution in [1.82, 2.24) is 0 Å². The second-order valence-corrected chi connectivity index (χ2v) is 4.76. The number of benzene rings is 1. The van der Waals surface area contributed by atoms with E-state index in [0.29, 0.717) is 11.1 Å². The van der Waals surface area contributed by atoms with Crippen LogP contribution >= 0.6 is 0 Å². The topological polar surface area (TPSA) is 72.8 Å². The molecule has 0 aliphatic carbocycles. The molecule has 5 nitrogen and oxygen atoms in total. The molecule has 86 valence electrons. The van der Waals surface area contributed by atoms with Gasteiger partial charge < -0.3 is 4.74 Å². The van der Waals surface area contributed by atoms with Crippen LogP contribution in [0.3, 0.4) is 0 Å². The Kier molecular flexibility index (Phi) is 3.78. The van der Waals surface area contributed by atoms with Crippen molar-refractivity contribution in [3.8, 4) is 0 Å². The molecule has 0 amide bonds. The van der Waals surface area contributed by atoms with Gasteiger partial charge in [-0.2, -0.15) is 4.40 Å². The second kappa shape index (κ2) is 4.89. The predicted molar refractivity (Wildman–Crippen MR) is 60.2 cm³/mol. The van der Waals surface area contributed by atoms with Gasteiger partial charge in [0.25, 0.3) is 0 Å². The zero-order valence-corrected chi connectivity index (χ0v) is 9.69.